The van der Waals surface area contributed by atoms with Crippen molar-refractivity contribution in [3.63, 3.8) is 0 Å². The number of aromatic nitrogens is 3. The summed E-state index contributed by atoms with van der Waals surface area (Å²) in [4.78, 5) is 4.26. The molecule has 2 aromatic rings. The summed E-state index contributed by atoms with van der Waals surface area (Å²) >= 11 is 3.43. The highest BCUT2D eigenvalue weighted by Crippen LogP contribution is 2.19. The molecule has 2 N–H and O–H groups in total. The van der Waals surface area contributed by atoms with Gasteiger partial charge in [0.1, 0.15) is 0 Å². The Bertz CT molecular complexity index is 464. The Morgan fingerprint density at radius 2 is 2.21 bits per heavy atom. The van der Waals surface area contributed by atoms with E-state index < -0.39 is 0 Å². The van der Waals surface area contributed by atoms with Crippen molar-refractivity contribution < 1.29 is 0 Å². The second-order valence-corrected chi connectivity index (χ2v) is 3.89. The van der Waals surface area contributed by atoms with Crippen molar-refractivity contribution in [2.24, 2.45) is 0 Å². The summed E-state index contributed by atoms with van der Waals surface area (Å²) in [6.07, 6.45) is 5.11. The van der Waals surface area contributed by atoms with Crippen molar-refractivity contribution in [2.75, 3.05) is 5.73 Å². The van der Waals surface area contributed by atoms with Gasteiger partial charge in [0.25, 0.3) is 0 Å². The molecule has 0 bridgehead atoms. The van der Waals surface area contributed by atoms with Crippen LogP contribution in [0.2, 0.25) is 0 Å². The monoisotopic (exact) mass is 252 g/mol. The summed E-state index contributed by atoms with van der Waals surface area (Å²) in [5, 5.41) is 4.08. The lowest BCUT2D eigenvalue weighted by molar-refractivity contribution is 0.840. The average Bonchev–Trinajstić information content (AvgIpc) is 2.51. The molecule has 0 saturated carbocycles. The van der Waals surface area contributed by atoms with Crippen molar-refractivity contribution in [3.8, 4) is 5.82 Å². The molecule has 0 spiro atoms. The molecule has 14 heavy (non-hydrogen) atoms. The van der Waals surface area contributed by atoms with E-state index in [1.807, 2.05) is 13.0 Å². The van der Waals surface area contributed by atoms with Gasteiger partial charge in [-0.05, 0) is 34.5 Å². The number of nitrogens with two attached hydrogens (primary N) is 1. The third-order valence-electron chi connectivity index (χ3n) is 1.78. The average molecular weight is 253 g/mol. The fraction of sp³-hybridized carbons (Fsp3) is 0.111. The van der Waals surface area contributed by atoms with Crippen LogP contribution in [-0.2, 0) is 0 Å². The molecule has 5 heteroatoms. The van der Waals surface area contributed by atoms with Gasteiger partial charge in [-0.25, -0.2) is 9.67 Å². The van der Waals surface area contributed by atoms with Gasteiger partial charge in [0.05, 0.1) is 22.6 Å². The van der Waals surface area contributed by atoms with E-state index in [2.05, 4.69) is 26.0 Å². The van der Waals surface area contributed by atoms with E-state index in [9.17, 15) is 0 Å². The number of hydrogen-bond donors (Lipinski definition) is 1. The third-order valence-corrected chi connectivity index (χ3v) is 2.36. The lowest BCUT2D eigenvalue weighted by Crippen LogP contribution is -1.99. The smallest absolute Gasteiger partial charge is 0.167 e. The first-order chi connectivity index (χ1) is 6.66. The molecule has 0 aliphatic carbocycles. The minimum absolute atomic E-state index is 0.624. The molecule has 4 nitrogen and oxygen atoms in total. The molecule has 0 saturated heterocycles. The van der Waals surface area contributed by atoms with Crippen LogP contribution in [0.25, 0.3) is 5.82 Å². The van der Waals surface area contributed by atoms with Gasteiger partial charge < -0.3 is 5.73 Å². The third kappa shape index (κ3) is 1.63. The molecular weight excluding hydrogens is 244 g/mol. The molecule has 0 amide bonds. The van der Waals surface area contributed by atoms with Crippen LogP contribution >= 0.6 is 15.9 Å². The van der Waals surface area contributed by atoms with Crippen LogP contribution in [0.5, 0.6) is 0 Å². The number of nitrogens with zero attached hydrogens (tertiary/aromatic N) is 3. The van der Waals surface area contributed by atoms with Gasteiger partial charge in [-0.2, -0.15) is 5.10 Å². The number of halogens is 1. The first-order valence-corrected chi connectivity index (χ1v) is 4.89. The fourth-order valence-electron chi connectivity index (χ4n) is 1.15. The van der Waals surface area contributed by atoms with Crippen molar-refractivity contribution in [2.45, 2.75) is 6.92 Å². The summed E-state index contributed by atoms with van der Waals surface area (Å²) in [5.74, 6) is 0.743. The molecule has 0 unspecified atom stereocenters. The number of rotatable bonds is 1. The zero-order valence-electron chi connectivity index (χ0n) is 7.61. The summed E-state index contributed by atoms with van der Waals surface area (Å²) in [7, 11) is 0. The highest BCUT2D eigenvalue weighted by Gasteiger charge is 2.04. The number of pyridine rings is 1. The molecule has 2 rings (SSSR count). The first kappa shape index (κ1) is 9.21. The molecule has 72 valence electrons. The van der Waals surface area contributed by atoms with E-state index in [1.165, 1.54) is 0 Å². The molecule has 0 atom stereocenters. The Balaban J connectivity index is 2.52. The number of hydrogen-bond acceptors (Lipinski definition) is 3. The molecule has 0 radical (unpaired) electrons. The van der Waals surface area contributed by atoms with Crippen molar-refractivity contribution >= 4 is 21.6 Å². The standard InChI is InChI=1S/C9H9BrN4/c1-6-2-8(10)9(12-3-6)14-5-7(11)4-13-14/h2-5H,11H2,1H3. The van der Waals surface area contributed by atoms with Gasteiger partial charge >= 0.3 is 0 Å². The maximum Gasteiger partial charge on any atom is 0.167 e. The molecule has 0 fully saturated rings. The number of nitrogen functional groups attached to an aromatic ring is 1. The Labute approximate surface area is 89.9 Å². The second kappa shape index (κ2) is 3.42. The number of anilines is 1. The van der Waals surface area contributed by atoms with Crippen molar-refractivity contribution in [1.29, 1.82) is 0 Å². The van der Waals surface area contributed by atoms with E-state index in [4.69, 9.17) is 5.73 Å². The van der Waals surface area contributed by atoms with Crippen LogP contribution < -0.4 is 5.73 Å². The van der Waals surface area contributed by atoms with Crippen LogP contribution in [-0.4, -0.2) is 14.8 Å². The van der Waals surface area contributed by atoms with Gasteiger partial charge in [0.15, 0.2) is 5.82 Å². The Morgan fingerprint density at radius 1 is 1.43 bits per heavy atom. The summed E-state index contributed by atoms with van der Waals surface area (Å²) < 4.78 is 2.54. The van der Waals surface area contributed by atoms with Crippen LogP contribution in [0.3, 0.4) is 0 Å². The predicted molar refractivity (Wildman–Crippen MR) is 58.2 cm³/mol. The first-order valence-electron chi connectivity index (χ1n) is 4.09. The highest BCUT2D eigenvalue weighted by molar-refractivity contribution is 9.10. The molecule has 2 aromatic heterocycles. The molecular formula is C9H9BrN4. The Kier molecular flexibility index (Phi) is 2.25. The van der Waals surface area contributed by atoms with Crippen LogP contribution in [0.4, 0.5) is 5.69 Å². The Morgan fingerprint density at radius 3 is 2.79 bits per heavy atom. The lowest BCUT2D eigenvalue weighted by atomic mass is 10.3. The maximum absolute atomic E-state index is 5.57. The second-order valence-electron chi connectivity index (χ2n) is 3.04. The molecule has 0 aromatic carbocycles. The van der Waals surface area contributed by atoms with E-state index >= 15 is 0 Å². The summed E-state index contributed by atoms with van der Waals surface area (Å²) in [5.41, 5.74) is 7.29. The quantitative estimate of drug-likeness (QED) is 0.844. The van der Waals surface area contributed by atoms with Crippen molar-refractivity contribution in [1.82, 2.24) is 14.8 Å². The predicted octanol–water partition coefficient (Wildman–Crippen LogP) is 1.92. The fourth-order valence-corrected chi connectivity index (χ4v) is 1.79. The summed E-state index contributed by atoms with van der Waals surface area (Å²) in [6.45, 7) is 1.99. The topological polar surface area (TPSA) is 56.7 Å². The van der Waals surface area contributed by atoms with Gasteiger partial charge in [0.2, 0.25) is 0 Å². The maximum atomic E-state index is 5.57. The minimum Gasteiger partial charge on any atom is -0.396 e. The van der Waals surface area contributed by atoms with E-state index in [0.29, 0.717) is 5.69 Å². The summed E-state index contributed by atoms with van der Waals surface area (Å²) in [6, 6.07) is 1.99. The van der Waals surface area contributed by atoms with Crippen LogP contribution in [0.1, 0.15) is 5.56 Å². The van der Waals surface area contributed by atoms with Gasteiger partial charge in [0, 0.05) is 6.20 Å². The lowest BCUT2D eigenvalue weighted by Gasteiger charge is -2.03. The molecule has 0 aliphatic rings. The van der Waals surface area contributed by atoms with Gasteiger partial charge in [-0.15, -0.1) is 0 Å². The minimum atomic E-state index is 0.624. The normalized spacial score (nSPS) is 10.4. The zero-order valence-corrected chi connectivity index (χ0v) is 9.19. The molecule has 2 heterocycles. The Hall–Kier alpha value is -1.36. The highest BCUT2D eigenvalue weighted by atomic mass is 79.9. The van der Waals surface area contributed by atoms with Crippen LogP contribution in [0, 0.1) is 6.92 Å². The van der Waals surface area contributed by atoms with Gasteiger partial charge in [-0.3, -0.25) is 0 Å². The van der Waals surface area contributed by atoms with Crippen molar-refractivity contribution in [3.05, 3.63) is 34.7 Å². The zero-order chi connectivity index (χ0) is 10.1. The van der Waals surface area contributed by atoms with E-state index in [0.717, 1.165) is 15.9 Å². The van der Waals surface area contributed by atoms with E-state index in [-0.39, 0.29) is 0 Å². The number of aryl methyl sites for hydroxylation is 1. The van der Waals surface area contributed by atoms with E-state index in [1.54, 1.807) is 23.3 Å². The largest absolute Gasteiger partial charge is 0.396 e. The SMILES string of the molecule is Cc1cnc(-n2cc(N)cn2)c(Br)c1. The van der Waals surface area contributed by atoms with Gasteiger partial charge in [-0.1, -0.05) is 0 Å². The van der Waals surface area contributed by atoms with Crippen LogP contribution in [0.15, 0.2) is 29.1 Å². The molecule has 0 aliphatic heterocycles.